The fraction of sp³-hybridized carbons (Fsp3) is 0. The van der Waals surface area contributed by atoms with Crippen molar-refractivity contribution in [1.29, 1.82) is 10.5 Å². The second-order valence-corrected chi connectivity index (χ2v) is 0.807. The van der Waals surface area contributed by atoms with Crippen LogP contribution in [-0.2, 0) is 47.7 Å². The molecule has 0 rings (SSSR count). The van der Waals surface area contributed by atoms with E-state index in [9.17, 15) is 0 Å². The average molecular weight is 203 g/mol. The first-order valence-corrected chi connectivity index (χ1v) is 2.94. The molecule has 0 atom stereocenters. The third-order valence-corrected chi connectivity index (χ3v) is 0. The van der Waals surface area contributed by atoms with Crippen LogP contribution in [0.5, 0.6) is 0 Å². The van der Waals surface area contributed by atoms with Crippen LogP contribution in [0.1, 0.15) is 0 Å². The standard InChI is InChI=1S/2CHNS.Mn.2O/c2*2-1-3;;;/h2*3H;;;/p-2. The number of hydrogen-bond donors (Lipinski definition) is 0. The Bertz CT molecular complexity index is 130. The molecule has 0 amide bonds. The molecule has 0 heterocycles. The van der Waals surface area contributed by atoms with Gasteiger partial charge in [0.05, 0.1) is 0 Å². The van der Waals surface area contributed by atoms with E-state index in [4.69, 9.17) is 18.2 Å². The zero-order valence-corrected chi connectivity index (χ0v) is 6.72. The Labute approximate surface area is 69.2 Å². The van der Waals surface area contributed by atoms with Crippen LogP contribution in [-0.4, -0.2) is 0 Å². The van der Waals surface area contributed by atoms with Crippen LogP contribution in [0.4, 0.5) is 0 Å². The number of rotatable bonds is 0. The predicted molar refractivity (Wildman–Crippen MR) is 27.3 cm³/mol. The van der Waals surface area contributed by atoms with Gasteiger partial charge in [-0.1, -0.05) is 10.8 Å². The average Bonchev–Trinajstić information content (AvgIpc) is 1.70. The number of nitriles is 2. The molecule has 0 radical (unpaired) electrons. The fourth-order valence-corrected chi connectivity index (χ4v) is 0. The van der Waals surface area contributed by atoms with Gasteiger partial charge in [-0.2, -0.15) is 0 Å². The second-order valence-electron chi connectivity index (χ2n) is 0.246. The molecule has 0 aromatic heterocycles. The summed E-state index contributed by atoms with van der Waals surface area (Å²) in [5.74, 6) is 0. The van der Waals surface area contributed by atoms with Crippen molar-refractivity contribution in [2.45, 2.75) is 0 Å². The molecule has 0 fully saturated rings. The normalized spacial score (nSPS) is 2.89. The summed E-state index contributed by atoms with van der Waals surface area (Å²) in [6.45, 7) is 0. The summed E-state index contributed by atoms with van der Waals surface area (Å²) in [5.41, 5.74) is 0. The van der Waals surface area contributed by atoms with E-state index in [1.165, 1.54) is 10.8 Å². The third kappa shape index (κ3) is 1090. The van der Waals surface area contributed by atoms with Crippen LogP contribution >= 0.6 is 0 Å². The molecule has 9 heavy (non-hydrogen) atoms. The summed E-state index contributed by atoms with van der Waals surface area (Å²) >= 11 is 5.96. The van der Waals surface area contributed by atoms with E-state index >= 15 is 0 Å². The van der Waals surface area contributed by atoms with Crippen LogP contribution in [0, 0.1) is 21.3 Å². The van der Waals surface area contributed by atoms with E-state index < -0.39 is 14.8 Å². The minimum atomic E-state index is -1.44. The topological polar surface area (TPSA) is 81.7 Å². The van der Waals surface area contributed by atoms with Crippen molar-refractivity contribution in [1.82, 2.24) is 0 Å². The van der Waals surface area contributed by atoms with Gasteiger partial charge in [0.25, 0.3) is 0 Å². The molecular formula is C2MnN2O2S2-2. The first-order chi connectivity index (χ1) is 4.24. The predicted octanol–water partition coefficient (Wildman–Crippen LogP) is -0.211. The second kappa shape index (κ2) is 50.0. The van der Waals surface area contributed by atoms with Gasteiger partial charge in [-0.15, -0.1) is 0 Å². The molecule has 0 spiro atoms. The third-order valence-electron chi connectivity index (χ3n) is 0. The van der Waals surface area contributed by atoms with Gasteiger partial charge < -0.3 is 25.3 Å². The van der Waals surface area contributed by atoms with Crippen LogP contribution in [0.2, 0.25) is 0 Å². The van der Waals surface area contributed by atoms with Crippen molar-refractivity contribution >= 4 is 25.3 Å². The summed E-state index contributed by atoms with van der Waals surface area (Å²) in [6.07, 6.45) is 0. The molecule has 0 saturated carbocycles. The van der Waals surface area contributed by atoms with Crippen molar-refractivity contribution in [2.24, 2.45) is 0 Å². The van der Waals surface area contributed by atoms with Crippen molar-refractivity contribution < 1.29 is 22.5 Å². The minimum absolute atomic E-state index is 1.33. The Kier molecular flexibility index (Phi) is 87.9. The van der Waals surface area contributed by atoms with Crippen LogP contribution in [0.3, 0.4) is 0 Å². The summed E-state index contributed by atoms with van der Waals surface area (Å²) < 4.78 is 16.8. The molecule has 0 aliphatic heterocycles. The van der Waals surface area contributed by atoms with Gasteiger partial charge in [0.2, 0.25) is 0 Å². The SMILES string of the molecule is N#C[S-].N#C[S-].[O]=[Mn]=[O]. The zero-order valence-electron chi connectivity index (χ0n) is 3.91. The molecule has 0 saturated heterocycles. The molecule has 0 bridgehead atoms. The molecular weight excluding hydrogens is 203 g/mol. The van der Waals surface area contributed by atoms with Crippen molar-refractivity contribution in [2.75, 3.05) is 0 Å². The van der Waals surface area contributed by atoms with Gasteiger partial charge in [0.1, 0.15) is 0 Å². The van der Waals surface area contributed by atoms with Crippen LogP contribution < -0.4 is 0 Å². The Morgan fingerprint density at radius 1 is 1.11 bits per heavy atom. The van der Waals surface area contributed by atoms with Gasteiger partial charge in [0.15, 0.2) is 0 Å². The monoisotopic (exact) mass is 203 g/mol. The fourth-order valence-electron chi connectivity index (χ4n) is 0. The molecule has 0 aromatic carbocycles. The first-order valence-electron chi connectivity index (χ1n) is 1.16. The van der Waals surface area contributed by atoms with Gasteiger partial charge in [0, 0.05) is 0 Å². The molecule has 0 aromatic rings. The molecule has 0 N–H and O–H groups in total. The molecule has 0 aliphatic carbocycles. The van der Waals surface area contributed by atoms with E-state index in [2.05, 4.69) is 25.3 Å². The van der Waals surface area contributed by atoms with Crippen LogP contribution in [0.15, 0.2) is 0 Å². The van der Waals surface area contributed by atoms with E-state index in [1.807, 2.05) is 0 Å². The van der Waals surface area contributed by atoms with Crippen molar-refractivity contribution in [3.8, 4) is 10.8 Å². The summed E-state index contributed by atoms with van der Waals surface area (Å²) in [4.78, 5) is 0. The molecule has 7 heteroatoms. The first kappa shape index (κ1) is 15.8. The van der Waals surface area contributed by atoms with Gasteiger partial charge in [-0.25, -0.2) is 10.5 Å². The van der Waals surface area contributed by atoms with E-state index in [1.54, 1.807) is 0 Å². The Morgan fingerprint density at radius 3 is 1.11 bits per heavy atom. The summed E-state index contributed by atoms with van der Waals surface area (Å²) in [5, 5.41) is 16.9. The molecule has 0 aliphatic rings. The van der Waals surface area contributed by atoms with Gasteiger partial charge in [-0.3, -0.25) is 0 Å². The number of nitrogens with zero attached hydrogens (tertiary/aromatic N) is 2. The summed E-state index contributed by atoms with van der Waals surface area (Å²) in [6, 6.07) is 0. The molecule has 51 valence electrons. The van der Waals surface area contributed by atoms with Crippen molar-refractivity contribution in [3.63, 3.8) is 0 Å². The molecule has 0 unspecified atom stereocenters. The van der Waals surface area contributed by atoms with Crippen molar-refractivity contribution in [3.05, 3.63) is 0 Å². The Balaban J connectivity index is -0.0000000600. The molecule has 4 nitrogen and oxygen atoms in total. The van der Waals surface area contributed by atoms with E-state index in [-0.39, 0.29) is 0 Å². The maximum atomic E-state index is 8.41. The van der Waals surface area contributed by atoms with E-state index in [0.29, 0.717) is 0 Å². The number of hydrogen-bond acceptors (Lipinski definition) is 6. The quantitative estimate of drug-likeness (QED) is 0.307. The summed E-state index contributed by atoms with van der Waals surface area (Å²) in [7, 11) is 0. The maximum absolute atomic E-state index is 8.41. The van der Waals surface area contributed by atoms with E-state index in [0.717, 1.165) is 0 Å². The van der Waals surface area contributed by atoms with Gasteiger partial charge in [-0.05, 0) is 0 Å². The van der Waals surface area contributed by atoms with Crippen LogP contribution in [0.25, 0.3) is 0 Å². The number of thiocyanates is 2. The Hall–Kier alpha value is -0.461. The zero-order chi connectivity index (χ0) is 8.12. The Morgan fingerprint density at radius 2 is 1.11 bits per heavy atom. The van der Waals surface area contributed by atoms with Gasteiger partial charge >= 0.3 is 22.5 Å².